The maximum Gasteiger partial charge on any atom is 0.251 e. The summed E-state index contributed by atoms with van der Waals surface area (Å²) in [6.07, 6.45) is 3.55. The number of hydrogen-bond donors (Lipinski definition) is 2. The molecule has 0 bridgehead atoms. The Hall–Kier alpha value is -1.06. The van der Waals surface area contributed by atoms with Crippen LogP contribution in [0.25, 0.3) is 0 Å². The first kappa shape index (κ1) is 14.4. The van der Waals surface area contributed by atoms with E-state index in [1.54, 1.807) is 6.07 Å². The summed E-state index contributed by atoms with van der Waals surface area (Å²) in [5.74, 6) is 0.665. The van der Waals surface area contributed by atoms with E-state index in [9.17, 15) is 4.79 Å². The van der Waals surface area contributed by atoms with Crippen LogP contribution in [-0.2, 0) is 0 Å². The van der Waals surface area contributed by atoms with Crippen LogP contribution in [0.15, 0.2) is 18.2 Å². The molecule has 1 fully saturated rings. The Morgan fingerprint density at radius 1 is 1.53 bits per heavy atom. The van der Waals surface area contributed by atoms with Crippen molar-refractivity contribution in [3.63, 3.8) is 0 Å². The number of rotatable bonds is 4. The number of halogens is 1. The molecular weight excluding hydrogens is 260 g/mol. The maximum absolute atomic E-state index is 12.1. The van der Waals surface area contributed by atoms with Gasteiger partial charge in [0.2, 0.25) is 0 Å². The molecule has 1 amide bonds. The van der Waals surface area contributed by atoms with Crippen LogP contribution in [0.4, 0.5) is 0 Å². The minimum absolute atomic E-state index is 0.0243. The number of amides is 1. The minimum Gasteiger partial charge on any atom is -0.352 e. The third-order valence-corrected chi connectivity index (χ3v) is 4.16. The van der Waals surface area contributed by atoms with Crippen LogP contribution in [0.1, 0.15) is 35.2 Å². The number of carbonyl (C=O) groups is 1. The average Bonchev–Trinajstić information content (AvgIpc) is 2.43. The van der Waals surface area contributed by atoms with E-state index in [0.717, 1.165) is 31.6 Å². The van der Waals surface area contributed by atoms with E-state index in [1.807, 2.05) is 19.1 Å². The fourth-order valence-corrected chi connectivity index (χ4v) is 2.68. The second kappa shape index (κ2) is 6.92. The predicted octanol–water partition coefficient (Wildman–Crippen LogP) is 2.77. The zero-order chi connectivity index (χ0) is 13.7. The van der Waals surface area contributed by atoms with Gasteiger partial charge in [0.05, 0.1) is 0 Å². The molecule has 1 aliphatic heterocycles. The van der Waals surface area contributed by atoms with Gasteiger partial charge in [0.15, 0.2) is 0 Å². The molecule has 1 aromatic carbocycles. The summed E-state index contributed by atoms with van der Waals surface area (Å²) in [6, 6.07) is 5.44. The molecule has 1 aliphatic rings. The van der Waals surface area contributed by atoms with E-state index in [1.165, 1.54) is 12.8 Å². The SMILES string of the molecule is Cc1c(Cl)cccc1C(=O)NCCC1CCCNC1. The molecule has 104 valence electrons. The number of benzene rings is 1. The average molecular weight is 281 g/mol. The fourth-order valence-electron chi connectivity index (χ4n) is 2.51. The minimum atomic E-state index is -0.0243. The van der Waals surface area contributed by atoms with Crippen LogP contribution in [0.2, 0.25) is 5.02 Å². The normalized spacial score (nSPS) is 19.2. The van der Waals surface area contributed by atoms with Crippen molar-refractivity contribution in [2.24, 2.45) is 5.92 Å². The smallest absolute Gasteiger partial charge is 0.251 e. The Morgan fingerprint density at radius 3 is 3.11 bits per heavy atom. The summed E-state index contributed by atoms with van der Waals surface area (Å²) in [5.41, 5.74) is 1.52. The zero-order valence-electron chi connectivity index (χ0n) is 11.3. The summed E-state index contributed by atoms with van der Waals surface area (Å²) in [5, 5.41) is 7.02. The summed E-state index contributed by atoms with van der Waals surface area (Å²) in [7, 11) is 0. The molecule has 0 spiro atoms. The van der Waals surface area contributed by atoms with E-state index in [4.69, 9.17) is 11.6 Å². The van der Waals surface area contributed by atoms with Gasteiger partial charge in [-0.05, 0) is 62.9 Å². The standard InChI is InChI=1S/C15H21ClN2O/c1-11-13(5-2-6-14(11)16)15(19)18-9-7-12-4-3-8-17-10-12/h2,5-6,12,17H,3-4,7-10H2,1H3,(H,18,19). The Morgan fingerprint density at radius 2 is 2.37 bits per heavy atom. The number of nitrogens with one attached hydrogen (secondary N) is 2. The molecule has 2 N–H and O–H groups in total. The van der Waals surface area contributed by atoms with E-state index in [-0.39, 0.29) is 5.91 Å². The van der Waals surface area contributed by atoms with Crippen LogP contribution in [0.5, 0.6) is 0 Å². The monoisotopic (exact) mass is 280 g/mol. The molecule has 1 unspecified atom stereocenters. The van der Waals surface area contributed by atoms with Gasteiger partial charge in [-0.3, -0.25) is 4.79 Å². The lowest BCUT2D eigenvalue weighted by Crippen LogP contribution is -2.33. The lowest BCUT2D eigenvalue weighted by atomic mass is 9.96. The highest BCUT2D eigenvalue weighted by Gasteiger charge is 2.14. The third kappa shape index (κ3) is 3.95. The molecule has 1 heterocycles. The molecule has 4 heteroatoms. The van der Waals surface area contributed by atoms with Crippen LogP contribution < -0.4 is 10.6 Å². The molecule has 0 aromatic heterocycles. The molecule has 0 aliphatic carbocycles. The molecule has 1 saturated heterocycles. The van der Waals surface area contributed by atoms with Gasteiger partial charge in [0.25, 0.3) is 5.91 Å². The molecule has 0 saturated carbocycles. The highest BCUT2D eigenvalue weighted by molar-refractivity contribution is 6.31. The van der Waals surface area contributed by atoms with Gasteiger partial charge < -0.3 is 10.6 Å². The van der Waals surface area contributed by atoms with Gasteiger partial charge in [-0.1, -0.05) is 17.7 Å². The quantitative estimate of drug-likeness (QED) is 0.890. The Labute approximate surface area is 119 Å². The lowest BCUT2D eigenvalue weighted by Gasteiger charge is -2.22. The van der Waals surface area contributed by atoms with E-state index in [2.05, 4.69) is 10.6 Å². The van der Waals surface area contributed by atoms with Crippen molar-refractivity contribution in [2.75, 3.05) is 19.6 Å². The molecule has 19 heavy (non-hydrogen) atoms. The molecule has 2 rings (SSSR count). The first-order chi connectivity index (χ1) is 9.18. The predicted molar refractivity (Wildman–Crippen MR) is 78.7 cm³/mol. The van der Waals surface area contributed by atoms with Crippen molar-refractivity contribution in [3.8, 4) is 0 Å². The van der Waals surface area contributed by atoms with Crippen LogP contribution >= 0.6 is 11.6 Å². The van der Waals surface area contributed by atoms with Crippen molar-refractivity contribution in [1.82, 2.24) is 10.6 Å². The van der Waals surface area contributed by atoms with Crippen LogP contribution in [-0.4, -0.2) is 25.5 Å². The molecule has 1 atom stereocenters. The summed E-state index contributed by atoms with van der Waals surface area (Å²) in [6.45, 7) is 4.82. The van der Waals surface area contributed by atoms with Gasteiger partial charge >= 0.3 is 0 Å². The first-order valence-electron chi connectivity index (χ1n) is 6.92. The third-order valence-electron chi connectivity index (χ3n) is 3.75. The van der Waals surface area contributed by atoms with E-state index in [0.29, 0.717) is 16.5 Å². The van der Waals surface area contributed by atoms with Crippen LogP contribution in [0.3, 0.4) is 0 Å². The largest absolute Gasteiger partial charge is 0.352 e. The topological polar surface area (TPSA) is 41.1 Å². The van der Waals surface area contributed by atoms with Gasteiger partial charge in [0, 0.05) is 17.1 Å². The lowest BCUT2D eigenvalue weighted by molar-refractivity contribution is 0.0950. The molecule has 0 radical (unpaired) electrons. The highest BCUT2D eigenvalue weighted by Crippen LogP contribution is 2.18. The second-order valence-corrected chi connectivity index (χ2v) is 5.58. The van der Waals surface area contributed by atoms with Crippen LogP contribution in [0, 0.1) is 12.8 Å². The fraction of sp³-hybridized carbons (Fsp3) is 0.533. The van der Waals surface area contributed by atoms with Crippen molar-refractivity contribution in [3.05, 3.63) is 34.3 Å². The van der Waals surface area contributed by atoms with Crippen molar-refractivity contribution < 1.29 is 4.79 Å². The Kier molecular flexibility index (Phi) is 5.23. The number of carbonyl (C=O) groups excluding carboxylic acids is 1. The number of piperidine rings is 1. The highest BCUT2D eigenvalue weighted by atomic mass is 35.5. The van der Waals surface area contributed by atoms with Gasteiger partial charge in [0.1, 0.15) is 0 Å². The molecule has 1 aromatic rings. The first-order valence-corrected chi connectivity index (χ1v) is 7.30. The van der Waals surface area contributed by atoms with E-state index < -0.39 is 0 Å². The van der Waals surface area contributed by atoms with Gasteiger partial charge in [-0.25, -0.2) is 0 Å². The second-order valence-electron chi connectivity index (χ2n) is 5.17. The van der Waals surface area contributed by atoms with Crippen molar-refractivity contribution >= 4 is 17.5 Å². The molecular formula is C15H21ClN2O. The van der Waals surface area contributed by atoms with Gasteiger partial charge in [-0.2, -0.15) is 0 Å². The zero-order valence-corrected chi connectivity index (χ0v) is 12.1. The van der Waals surface area contributed by atoms with Gasteiger partial charge in [-0.15, -0.1) is 0 Å². The van der Waals surface area contributed by atoms with E-state index >= 15 is 0 Å². The molecule has 3 nitrogen and oxygen atoms in total. The Bertz CT molecular complexity index is 442. The summed E-state index contributed by atoms with van der Waals surface area (Å²) >= 11 is 6.03. The summed E-state index contributed by atoms with van der Waals surface area (Å²) in [4.78, 5) is 12.1. The Balaban J connectivity index is 1.82. The maximum atomic E-state index is 12.1. The summed E-state index contributed by atoms with van der Waals surface area (Å²) < 4.78 is 0. The van der Waals surface area contributed by atoms with Crippen molar-refractivity contribution in [2.45, 2.75) is 26.2 Å². The van der Waals surface area contributed by atoms with Crippen molar-refractivity contribution in [1.29, 1.82) is 0 Å². The number of hydrogen-bond acceptors (Lipinski definition) is 2.